The first kappa shape index (κ1) is 11.2. The van der Waals surface area contributed by atoms with Gasteiger partial charge in [-0.3, -0.25) is 5.10 Å². The molecule has 2 aromatic heterocycles. The monoisotopic (exact) mass is 249 g/mol. The molecule has 18 heavy (non-hydrogen) atoms. The molecule has 96 valence electrons. The minimum atomic E-state index is 0.702. The number of nitrogens with zero attached hydrogens (tertiary/aromatic N) is 4. The van der Waals surface area contributed by atoms with E-state index < -0.39 is 0 Å². The van der Waals surface area contributed by atoms with Crippen LogP contribution in [0.4, 0.5) is 5.95 Å². The molecule has 7 heteroatoms. The van der Waals surface area contributed by atoms with Gasteiger partial charge in [0.1, 0.15) is 5.76 Å². The van der Waals surface area contributed by atoms with E-state index in [2.05, 4.69) is 25.2 Å². The third-order valence-corrected chi connectivity index (χ3v) is 3.04. The van der Waals surface area contributed by atoms with Gasteiger partial charge in [-0.05, 0) is 13.8 Å². The van der Waals surface area contributed by atoms with Gasteiger partial charge in [-0.2, -0.15) is 4.98 Å². The SMILES string of the molecule is Cc1noc(C)c1-c1nc(N2CCOCC2)n[nH]1. The van der Waals surface area contributed by atoms with Crippen LogP contribution < -0.4 is 4.90 Å². The molecule has 0 aliphatic carbocycles. The molecule has 1 fully saturated rings. The molecule has 3 rings (SSSR count). The summed E-state index contributed by atoms with van der Waals surface area (Å²) in [5.74, 6) is 2.15. The molecule has 1 aliphatic heterocycles. The lowest BCUT2D eigenvalue weighted by molar-refractivity contribution is 0.122. The third-order valence-electron chi connectivity index (χ3n) is 3.04. The number of hydrogen-bond donors (Lipinski definition) is 1. The van der Waals surface area contributed by atoms with Gasteiger partial charge in [0.15, 0.2) is 5.82 Å². The fourth-order valence-electron chi connectivity index (χ4n) is 2.09. The first-order valence-electron chi connectivity index (χ1n) is 5.94. The first-order chi connectivity index (χ1) is 8.75. The summed E-state index contributed by atoms with van der Waals surface area (Å²) in [5.41, 5.74) is 1.71. The Labute approximate surface area is 104 Å². The number of aryl methyl sites for hydroxylation is 2. The molecular formula is C11H15N5O2. The molecule has 2 aromatic rings. The molecule has 0 unspecified atom stereocenters. The zero-order chi connectivity index (χ0) is 12.5. The van der Waals surface area contributed by atoms with E-state index in [4.69, 9.17) is 9.26 Å². The largest absolute Gasteiger partial charge is 0.378 e. The van der Waals surface area contributed by atoms with Gasteiger partial charge in [0.05, 0.1) is 24.5 Å². The number of anilines is 1. The Bertz CT molecular complexity index is 522. The van der Waals surface area contributed by atoms with Gasteiger partial charge < -0.3 is 14.2 Å². The predicted molar refractivity (Wildman–Crippen MR) is 64.4 cm³/mol. The van der Waals surface area contributed by atoms with Crippen LogP contribution in [-0.4, -0.2) is 46.6 Å². The van der Waals surface area contributed by atoms with Crippen LogP contribution in [0, 0.1) is 13.8 Å². The lowest BCUT2D eigenvalue weighted by Crippen LogP contribution is -2.36. The summed E-state index contributed by atoms with van der Waals surface area (Å²) >= 11 is 0. The molecule has 0 saturated carbocycles. The van der Waals surface area contributed by atoms with Crippen LogP contribution in [0.3, 0.4) is 0 Å². The Morgan fingerprint density at radius 3 is 2.67 bits per heavy atom. The third kappa shape index (κ3) is 1.86. The summed E-state index contributed by atoms with van der Waals surface area (Å²) in [7, 11) is 0. The maximum absolute atomic E-state index is 5.31. The highest BCUT2D eigenvalue weighted by Gasteiger charge is 2.19. The van der Waals surface area contributed by atoms with Crippen molar-refractivity contribution in [3.8, 4) is 11.4 Å². The molecular weight excluding hydrogens is 234 g/mol. The molecule has 0 spiro atoms. The van der Waals surface area contributed by atoms with E-state index in [-0.39, 0.29) is 0 Å². The fraction of sp³-hybridized carbons (Fsp3) is 0.545. The second-order valence-corrected chi connectivity index (χ2v) is 4.28. The van der Waals surface area contributed by atoms with Crippen LogP contribution >= 0.6 is 0 Å². The van der Waals surface area contributed by atoms with E-state index in [1.165, 1.54) is 0 Å². The summed E-state index contributed by atoms with van der Waals surface area (Å²) in [6, 6.07) is 0. The van der Waals surface area contributed by atoms with Crippen LogP contribution in [0.5, 0.6) is 0 Å². The average molecular weight is 249 g/mol. The van der Waals surface area contributed by atoms with Gasteiger partial charge >= 0.3 is 0 Å². The van der Waals surface area contributed by atoms with Gasteiger partial charge in [-0.1, -0.05) is 5.16 Å². The quantitative estimate of drug-likeness (QED) is 0.852. The summed E-state index contributed by atoms with van der Waals surface area (Å²) in [6.45, 7) is 6.83. The van der Waals surface area contributed by atoms with Crippen LogP contribution in [-0.2, 0) is 4.74 Å². The molecule has 1 saturated heterocycles. The highest BCUT2D eigenvalue weighted by molar-refractivity contribution is 5.61. The Morgan fingerprint density at radius 2 is 2.00 bits per heavy atom. The van der Waals surface area contributed by atoms with Crippen LogP contribution in [0.1, 0.15) is 11.5 Å². The summed E-state index contributed by atoms with van der Waals surface area (Å²) in [6.07, 6.45) is 0. The van der Waals surface area contributed by atoms with Crippen molar-refractivity contribution in [2.75, 3.05) is 31.2 Å². The highest BCUT2D eigenvalue weighted by Crippen LogP contribution is 2.24. The van der Waals surface area contributed by atoms with Crippen molar-refractivity contribution in [3.63, 3.8) is 0 Å². The van der Waals surface area contributed by atoms with Crippen molar-refractivity contribution in [2.24, 2.45) is 0 Å². The van der Waals surface area contributed by atoms with E-state index in [0.29, 0.717) is 11.8 Å². The molecule has 0 bridgehead atoms. The van der Waals surface area contributed by atoms with Crippen molar-refractivity contribution in [1.82, 2.24) is 20.3 Å². The number of aromatic nitrogens is 4. The van der Waals surface area contributed by atoms with Crippen molar-refractivity contribution in [3.05, 3.63) is 11.5 Å². The number of hydrogen-bond acceptors (Lipinski definition) is 6. The number of nitrogens with one attached hydrogen (secondary N) is 1. The molecule has 0 amide bonds. The van der Waals surface area contributed by atoms with Gasteiger partial charge in [0, 0.05) is 13.1 Å². The second-order valence-electron chi connectivity index (χ2n) is 4.28. The van der Waals surface area contributed by atoms with E-state index >= 15 is 0 Å². The molecule has 3 heterocycles. The van der Waals surface area contributed by atoms with E-state index in [1.54, 1.807) is 0 Å². The number of morpholine rings is 1. The molecule has 7 nitrogen and oxygen atoms in total. The van der Waals surface area contributed by atoms with E-state index in [0.717, 1.165) is 43.3 Å². The van der Waals surface area contributed by atoms with Crippen molar-refractivity contribution < 1.29 is 9.26 Å². The van der Waals surface area contributed by atoms with Crippen molar-refractivity contribution in [2.45, 2.75) is 13.8 Å². The molecule has 0 radical (unpaired) electrons. The zero-order valence-corrected chi connectivity index (χ0v) is 10.4. The molecule has 1 N–H and O–H groups in total. The van der Waals surface area contributed by atoms with Gasteiger partial charge in [0.25, 0.3) is 0 Å². The predicted octanol–water partition coefficient (Wildman–Crippen LogP) is 0.913. The number of H-pyrrole nitrogens is 1. The summed E-state index contributed by atoms with van der Waals surface area (Å²) in [4.78, 5) is 6.60. The summed E-state index contributed by atoms with van der Waals surface area (Å²) in [5, 5.41) is 11.1. The number of ether oxygens (including phenoxy) is 1. The minimum Gasteiger partial charge on any atom is -0.378 e. The first-order valence-corrected chi connectivity index (χ1v) is 5.94. The Balaban J connectivity index is 1.89. The zero-order valence-electron chi connectivity index (χ0n) is 10.4. The van der Waals surface area contributed by atoms with Gasteiger partial charge in [-0.15, -0.1) is 5.10 Å². The molecule has 0 atom stereocenters. The average Bonchev–Trinajstić information content (AvgIpc) is 2.98. The summed E-state index contributed by atoms with van der Waals surface area (Å²) < 4.78 is 10.4. The standard InChI is InChI=1S/C11H15N5O2/c1-7-9(8(2)18-15-7)10-12-11(14-13-10)16-3-5-17-6-4-16/h3-6H2,1-2H3,(H,12,13,14). The molecule has 0 aromatic carbocycles. The maximum Gasteiger partial charge on any atom is 0.245 e. The lowest BCUT2D eigenvalue weighted by Gasteiger charge is -2.25. The lowest BCUT2D eigenvalue weighted by atomic mass is 10.2. The van der Waals surface area contributed by atoms with Crippen LogP contribution in [0.2, 0.25) is 0 Å². The molecule has 1 aliphatic rings. The minimum absolute atomic E-state index is 0.702. The fourth-order valence-corrected chi connectivity index (χ4v) is 2.09. The Hall–Kier alpha value is -1.89. The van der Waals surface area contributed by atoms with Gasteiger partial charge in [-0.25, -0.2) is 0 Å². The van der Waals surface area contributed by atoms with Gasteiger partial charge in [0.2, 0.25) is 5.95 Å². The van der Waals surface area contributed by atoms with Crippen molar-refractivity contribution >= 4 is 5.95 Å². The van der Waals surface area contributed by atoms with Crippen molar-refractivity contribution in [1.29, 1.82) is 0 Å². The second kappa shape index (κ2) is 4.41. The van der Waals surface area contributed by atoms with E-state index in [9.17, 15) is 0 Å². The van der Waals surface area contributed by atoms with E-state index in [1.807, 2.05) is 13.8 Å². The number of aromatic amines is 1. The normalized spacial score (nSPS) is 16.2. The van der Waals surface area contributed by atoms with Crippen LogP contribution in [0.15, 0.2) is 4.52 Å². The number of rotatable bonds is 2. The van der Waals surface area contributed by atoms with Crippen LogP contribution in [0.25, 0.3) is 11.4 Å². The highest BCUT2D eigenvalue weighted by atomic mass is 16.5. The topological polar surface area (TPSA) is 80.1 Å². The smallest absolute Gasteiger partial charge is 0.245 e. The Morgan fingerprint density at radius 1 is 1.22 bits per heavy atom. The maximum atomic E-state index is 5.31. The Kier molecular flexibility index (Phi) is 2.75.